The number of para-hydroxylation sites is 1. The molecule has 2 saturated heterocycles. The Labute approximate surface area is 161 Å². The molecule has 142 valence electrons. The second-order valence-electron chi connectivity index (χ2n) is 7.42. The maximum Gasteiger partial charge on any atom is 0.272 e. The van der Waals surface area contributed by atoms with Crippen LogP contribution in [0.15, 0.2) is 48.7 Å². The predicted octanol–water partition coefficient (Wildman–Crippen LogP) is 3.42. The molecule has 2 aliphatic rings. The first-order valence-electron chi connectivity index (χ1n) is 10.1. The predicted molar refractivity (Wildman–Crippen MR) is 109 cm³/mol. The van der Waals surface area contributed by atoms with Crippen molar-refractivity contribution in [3.63, 3.8) is 0 Å². The third-order valence-electron chi connectivity index (χ3n) is 5.63. The monoisotopic (exact) mass is 364 g/mol. The first-order chi connectivity index (χ1) is 13.3. The molecule has 5 heteroatoms. The summed E-state index contributed by atoms with van der Waals surface area (Å²) in [4.78, 5) is 24.0. The molecule has 27 heavy (non-hydrogen) atoms. The largest absolute Gasteiger partial charge is 0.370 e. The Bertz CT molecular complexity index is 731. The van der Waals surface area contributed by atoms with Crippen LogP contribution in [-0.4, -0.2) is 55.1 Å². The van der Waals surface area contributed by atoms with Crippen molar-refractivity contribution in [1.29, 1.82) is 0 Å². The zero-order valence-corrected chi connectivity index (χ0v) is 15.9. The summed E-state index contributed by atoms with van der Waals surface area (Å²) in [6.07, 6.45) is 6.99. The van der Waals surface area contributed by atoms with E-state index in [-0.39, 0.29) is 5.91 Å². The van der Waals surface area contributed by atoms with E-state index in [0.717, 1.165) is 45.0 Å². The van der Waals surface area contributed by atoms with Gasteiger partial charge < -0.3 is 14.7 Å². The number of carbonyl (C=O) groups is 1. The molecular formula is C22H28N4O. The van der Waals surface area contributed by atoms with Gasteiger partial charge in [0, 0.05) is 45.0 Å². The number of benzene rings is 1. The van der Waals surface area contributed by atoms with Crippen LogP contribution in [0.2, 0.25) is 0 Å². The van der Waals surface area contributed by atoms with Crippen molar-refractivity contribution < 1.29 is 4.79 Å². The number of pyridine rings is 1. The highest BCUT2D eigenvalue weighted by molar-refractivity contribution is 5.92. The summed E-state index contributed by atoms with van der Waals surface area (Å²) in [5.41, 5.74) is 2.92. The first kappa shape index (κ1) is 17.8. The fourth-order valence-electron chi connectivity index (χ4n) is 4.00. The lowest BCUT2D eigenvalue weighted by molar-refractivity contribution is 0.0741. The minimum absolute atomic E-state index is 0.0464. The van der Waals surface area contributed by atoms with Crippen molar-refractivity contribution in [2.45, 2.75) is 25.7 Å². The molecule has 2 aromatic rings. The van der Waals surface area contributed by atoms with Gasteiger partial charge in [0.1, 0.15) is 5.69 Å². The number of piperazine rings is 1. The van der Waals surface area contributed by atoms with Crippen LogP contribution >= 0.6 is 0 Å². The van der Waals surface area contributed by atoms with Crippen LogP contribution < -0.4 is 9.80 Å². The quantitative estimate of drug-likeness (QED) is 0.837. The molecule has 2 fully saturated rings. The number of aromatic nitrogens is 1. The number of hydrogen-bond donors (Lipinski definition) is 0. The van der Waals surface area contributed by atoms with Crippen molar-refractivity contribution in [3.05, 3.63) is 54.4 Å². The van der Waals surface area contributed by atoms with Crippen molar-refractivity contribution in [2.75, 3.05) is 49.1 Å². The molecule has 3 heterocycles. The molecule has 5 nitrogen and oxygen atoms in total. The summed E-state index contributed by atoms with van der Waals surface area (Å²) in [7, 11) is 0. The first-order valence-corrected chi connectivity index (χ1v) is 10.1. The molecule has 1 aromatic heterocycles. The fourth-order valence-corrected chi connectivity index (χ4v) is 4.00. The smallest absolute Gasteiger partial charge is 0.272 e. The zero-order valence-electron chi connectivity index (χ0n) is 15.9. The minimum Gasteiger partial charge on any atom is -0.370 e. The van der Waals surface area contributed by atoms with Crippen LogP contribution in [0.1, 0.15) is 36.2 Å². The van der Waals surface area contributed by atoms with Gasteiger partial charge in [0.05, 0.1) is 11.9 Å². The Hall–Kier alpha value is -2.56. The van der Waals surface area contributed by atoms with E-state index in [1.807, 2.05) is 23.2 Å². The third kappa shape index (κ3) is 4.24. The molecule has 0 N–H and O–H groups in total. The van der Waals surface area contributed by atoms with Gasteiger partial charge in [0.2, 0.25) is 0 Å². The lowest BCUT2D eigenvalue weighted by Crippen LogP contribution is -2.49. The highest BCUT2D eigenvalue weighted by atomic mass is 16.2. The second kappa shape index (κ2) is 8.42. The highest BCUT2D eigenvalue weighted by Gasteiger charge is 2.23. The van der Waals surface area contributed by atoms with Crippen molar-refractivity contribution >= 4 is 17.3 Å². The summed E-state index contributed by atoms with van der Waals surface area (Å²) in [5.74, 6) is 0.0464. The number of anilines is 2. The van der Waals surface area contributed by atoms with E-state index in [4.69, 9.17) is 0 Å². The van der Waals surface area contributed by atoms with Crippen LogP contribution in [-0.2, 0) is 0 Å². The number of amides is 1. The topological polar surface area (TPSA) is 39.7 Å². The molecule has 1 amide bonds. The Kier molecular flexibility index (Phi) is 5.56. The molecular weight excluding hydrogens is 336 g/mol. The summed E-state index contributed by atoms with van der Waals surface area (Å²) in [6, 6.07) is 14.4. The van der Waals surface area contributed by atoms with Gasteiger partial charge >= 0.3 is 0 Å². The van der Waals surface area contributed by atoms with Crippen LogP contribution in [0.3, 0.4) is 0 Å². The molecule has 0 radical (unpaired) electrons. The molecule has 0 saturated carbocycles. The van der Waals surface area contributed by atoms with Gasteiger partial charge in [0.25, 0.3) is 5.91 Å². The SMILES string of the molecule is O=C(c1ccc(N2CCCCCC2)cn1)N1CCN(c2ccccc2)CC1. The number of hydrogen-bond acceptors (Lipinski definition) is 4. The standard InChI is InChI=1S/C22H28N4O/c27-22(26-16-14-25(15-17-26)19-8-4-3-5-9-19)21-11-10-20(18-23-21)24-12-6-1-2-7-13-24/h3-5,8-11,18H,1-2,6-7,12-17H2. The molecule has 0 aliphatic carbocycles. The van der Waals surface area contributed by atoms with Gasteiger partial charge in [-0.15, -0.1) is 0 Å². The Balaban J connectivity index is 1.36. The molecule has 2 aliphatic heterocycles. The van der Waals surface area contributed by atoms with Gasteiger partial charge in [-0.1, -0.05) is 31.0 Å². The van der Waals surface area contributed by atoms with E-state index in [0.29, 0.717) is 5.69 Å². The average molecular weight is 364 g/mol. The average Bonchev–Trinajstić information content (AvgIpc) is 3.04. The summed E-state index contributed by atoms with van der Waals surface area (Å²) >= 11 is 0. The molecule has 0 bridgehead atoms. The van der Waals surface area contributed by atoms with Crippen LogP contribution in [0, 0.1) is 0 Å². The van der Waals surface area contributed by atoms with E-state index < -0.39 is 0 Å². The van der Waals surface area contributed by atoms with Gasteiger partial charge in [-0.3, -0.25) is 4.79 Å². The van der Waals surface area contributed by atoms with E-state index in [1.54, 1.807) is 0 Å². The normalized spacial score (nSPS) is 18.3. The van der Waals surface area contributed by atoms with Gasteiger partial charge in [-0.05, 0) is 37.1 Å². The summed E-state index contributed by atoms with van der Waals surface area (Å²) in [5, 5.41) is 0. The number of carbonyl (C=O) groups excluding carboxylic acids is 1. The lowest BCUT2D eigenvalue weighted by atomic mass is 10.2. The van der Waals surface area contributed by atoms with Crippen LogP contribution in [0.5, 0.6) is 0 Å². The van der Waals surface area contributed by atoms with Crippen LogP contribution in [0.25, 0.3) is 0 Å². The fraction of sp³-hybridized carbons (Fsp3) is 0.455. The van der Waals surface area contributed by atoms with Crippen molar-refractivity contribution in [1.82, 2.24) is 9.88 Å². The molecule has 0 spiro atoms. The molecule has 0 unspecified atom stereocenters. The molecule has 4 rings (SSSR count). The lowest BCUT2D eigenvalue weighted by Gasteiger charge is -2.36. The van der Waals surface area contributed by atoms with Crippen molar-refractivity contribution in [2.24, 2.45) is 0 Å². The number of rotatable bonds is 3. The van der Waals surface area contributed by atoms with E-state index in [9.17, 15) is 4.79 Å². The minimum atomic E-state index is 0.0464. The van der Waals surface area contributed by atoms with Gasteiger partial charge in [-0.25, -0.2) is 4.98 Å². The van der Waals surface area contributed by atoms with Crippen LogP contribution in [0.4, 0.5) is 11.4 Å². The number of nitrogens with zero attached hydrogens (tertiary/aromatic N) is 4. The van der Waals surface area contributed by atoms with Gasteiger partial charge in [-0.2, -0.15) is 0 Å². The highest BCUT2D eigenvalue weighted by Crippen LogP contribution is 2.20. The second-order valence-corrected chi connectivity index (χ2v) is 7.42. The van der Waals surface area contributed by atoms with Gasteiger partial charge in [0.15, 0.2) is 0 Å². The summed E-state index contributed by atoms with van der Waals surface area (Å²) in [6.45, 7) is 5.39. The van der Waals surface area contributed by atoms with E-state index >= 15 is 0 Å². The maximum atomic E-state index is 12.8. The maximum absolute atomic E-state index is 12.8. The van der Waals surface area contributed by atoms with E-state index in [1.165, 1.54) is 31.4 Å². The zero-order chi connectivity index (χ0) is 18.5. The molecule has 1 aromatic carbocycles. The molecule has 0 atom stereocenters. The Morgan fingerprint density at radius 2 is 1.37 bits per heavy atom. The summed E-state index contributed by atoms with van der Waals surface area (Å²) < 4.78 is 0. The van der Waals surface area contributed by atoms with E-state index in [2.05, 4.69) is 45.1 Å². The Morgan fingerprint density at radius 1 is 0.704 bits per heavy atom. The Morgan fingerprint density at radius 3 is 2.00 bits per heavy atom. The van der Waals surface area contributed by atoms with Crippen molar-refractivity contribution in [3.8, 4) is 0 Å². The third-order valence-corrected chi connectivity index (χ3v) is 5.63.